The van der Waals surface area contributed by atoms with Crippen LogP contribution in [0.15, 0.2) is 0 Å². The van der Waals surface area contributed by atoms with Crippen molar-refractivity contribution >= 4 is 0 Å². The molecule has 86 valence electrons. The molecule has 0 radical (unpaired) electrons. The first-order valence-corrected chi connectivity index (χ1v) is 6.74. The molecule has 0 aromatic heterocycles. The lowest BCUT2D eigenvalue weighted by atomic mass is 9.60. The van der Waals surface area contributed by atoms with E-state index in [0.29, 0.717) is 6.61 Å². The van der Waals surface area contributed by atoms with E-state index in [1.807, 2.05) is 0 Å². The van der Waals surface area contributed by atoms with Crippen LogP contribution >= 0.6 is 0 Å². The fraction of sp³-hybridized carbons (Fsp3) is 1.00. The number of fused-ring (bicyclic) bond motifs is 5. The van der Waals surface area contributed by atoms with Crippen LogP contribution in [0.4, 0.5) is 0 Å². The van der Waals surface area contributed by atoms with Crippen molar-refractivity contribution in [2.24, 2.45) is 35.0 Å². The Morgan fingerprint density at radius 2 is 2.00 bits per heavy atom. The zero-order valence-electron chi connectivity index (χ0n) is 10.1. The van der Waals surface area contributed by atoms with E-state index in [1.165, 1.54) is 32.1 Å². The third kappa shape index (κ3) is 1.39. The Morgan fingerprint density at radius 1 is 1.20 bits per heavy atom. The molecule has 15 heavy (non-hydrogen) atoms. The maximum Gasteiger partial charge on any atom is 0.0484 e. The average molecular weight is 208 g/mol. The molecule has 1 nitrogen and oxygen atoms in total. The maximum atomic E-state index is 9.49. The van der Waals surface area contributed by atoms with Gasteiger partial charge in [0.2, 0.25) is 0 Å². The standard InChI is InChI=1S/C14H24O/c1-9-5-10-6-12(9)11-3-4-14(2,8-15)7-13(10)11/h9-13,15H,3-8H2,1-2H3. The summed E-state index contributed by atoms with van der Waals surface area (Å²) in [6.07, 6.45) is 6.96. The molecule has 0 aromatic carbocycles. The summed E-state index contributed by atoms with van der Waals surface area (Å²) in [6, 6.07) is 0. The van der Waals surface area contributed by atoms with Crippen LogP contribution in [0.2, 0.25) is 0 Å². The Morgan fingerprint density at radius 3 is 2.73 bits per heavy atom. The van der Waals surface area contributed by atoms with Crippen molar-refractivity contribution in [2.45, 2.75) is 46.0 Å². The number of hydrogen-bond donors (Lipinski definition) is 1. The smallest absolute Gasteiger partial charge is 0.0484 e. The zero-order valence-corrected chi connectivity index (χ0v) is 10.1. The van der Waals surface area contributed by atoms with Gasteiger partial charge in [0.1, 0.15) is 0 Å². The van der Waals surface area contributed by atoms with Crippen molar-refractivity contribution in [2.75, 3.05) is 6.61 Å². The number of aliphatic hydroxyl groups excluding tert-OH is 1. The Balaban J connectivity index is 1.78. The average Bonchev–Trinajstić information content (AvgIpc) is 2.75. The maximum absolute atomic E-state index is 9.49. The van der Waals surface area contributed by atoms with Crippen LogP contribution in [0.25, 0.3) is 0 Å². The van der Waals surface area contributed by atoms with Gasteiger partial charge in [0, 0.05) is 6.61 Å². The first-order chi connectivity index (χ1) is 7.13. The molecule has 1 heteroatoms. The quantitative estimate of drug-likeness (QED) is 0.702. The van der Waals surface area contributed by atoms with E-state index in [9.17, 15) is 5.11 Å². The van der Waals surface area contributed by atoms with Gasteiger partial charge in [0.05, 0.1) is 0 Å². The van der Waals surface area contributed by atoms with Crippen molar-refractivity contribution in [3.05, 3.63) is 0 Å². The third-order valence-electron chi connectivity index (χ3n) is 5.88. The highest BCUT2D eigenvalue weighted by Crippen LogP contribution is 2.62. The highest BCUT2D eigenvalue weighted by atomic mass is 16.3. The van der Waals surface area contributed by atoms with E-state index < -0.39 is 0 Å². The molecule has 0 aliphatic heterocycles. The van der Waals surface area contributed by atoms with Crippen molar-refractivity contribution in [3.63, 3.8) is 0 Å². The SMILES string of the molecule is CC1CC2CC1C1CCC(C)(CO)CC21. The Hall–Kier alpha value is -0.0400. The van der Waals surface area contributed by atoms with Gasteiger partial charge in [-0.05, 0) is 67.1 Å². The monoisotopic (exact) mass is 208 g/mol. The van der Waals surface area contributed by atoms with Crippen LogP contribution in [-0.2, 0) is 0 Å². The minimum atomic E-state index is 0.259. The second kappa shape index (κ2) is 3.23. The van der Waals surface area contributed by atoms with E-state index in [0.717, 1.165) is 29.6 Å². The molecule has 1 N–H and O–H groups in total. The van der Waals surface area contributed by atoms with Gasteiger partial charge in [-0.1, -0.05) is 13.8 Å². The molecule has 3 fully saturated rings. The van der Waals surface area contributed by atoms with Crippen molar-refractivity contribution in [3.8, 4) is 0 Å². The first-order valence-electron chi connectivity index (χ1n) is 6.74. The van der Waals surface area contributed by atoms with Gasteiger partial charge in [0.15, 0.2) is 0 Å². The van der Waals surface area contributed by atoms with Gasteiger partial charge in [0.25, 0.3) is 0 Å². The Kier molecular flexibility index (Phi) is 2.18. The summed E-state index contributed by atoms with van der Waals surface area (Å²) in [4.78, 5) is 0. The molecule has 0 amide bonds. The number of rotatable bonds is 1. The van der Waals surface area contributed by atoms with Crippen LogP contribution < -0.4 is 0 Å². The molecule has 0 spiro atoms. The summed E-state index contributed by atoms with van der Waals surface area (Å²) in [5, 5.41) is 9.49. The summed E-state index contributed by atoms with van der Waals surface area (Å²) >= 11 is 0. The van der Waals surface area contributed by atoms with Crippen LogP contribution in [0, 0.1) is 35.0 Å². The molecule has 3 aliphatic rings. The van der Waals surface area contributed by atoms with Gasteiger partial charge >= 0.3 is 0 Å². The summed E-state index contributed by atoms with van der Waals surface area (Å²) in [5.41, 5.74) is 0.259. The van der Waals surface area contributed by atoms with Gasteiger partial charge in [-0.2, -0.15) is 0 Å². The lowest BCUT2D eigenvalue weighted by Gasteiger charge is -2.45. The lowest BCUT2D eigenvalue weighted by molar-refractivity contribution is 0.0108. The lowest BCUT2D eigenvalue weighted by Crippen LogP contribution is -2.38. The number of hydrogen-bond acceptors (Lipinski definition) is 1. The van der Waals surface area contributed by atoms with E-state index in [2.05, 4.69) is 13.8 Å². The summed E-state index contributed by atoms with van der Waals surface area (Å²) < 4.78 is 0. The summed E-state index contributed by atoms with van der Waals surface area (Å²) in [7, 11) is 0. The fourth-order valence-electron chi connectivity index (χ4n) is 5.02. The van der Waals surface area contributed by atoms with Crippen LogP contribution in [0.3, 0.4) is 0 Å². The molecule has 3 rings (SSSR count). The van der Waals surface area contributed by atoms with E-state index >= 15 is 0 Å². The highest BCUT2D eigenvalue weighted by Gasteiger charge is 2.54. The van der Waals surface area contributed by atoms with Crippen LogP contribution in [0.5, 0.6) is 0 Å². The predicted molar refractivity (Wildman–Crippen MR) is 61.4 cm³/mol. The predicted octanol–water partition coefficient (Wildman–Crippen LogP) is 3.08. The second-order valence-corrected chi connectivity index (χ2v) is 6.91. The van der Waals surface area contributed by atoms with E-state index in [4.69, 9.17) is 0 Å². The number of aliphatic hydroxyl groups is 1. The molecular formula is C14H24O. The molecule has 0 heterocycles. The molecule has 6 unspecified atom stereocenters. The van der Waals surface area contributed by atoms with E-state index in [-0.39, 0.29) is 5.41 Å². The molecule has 0 aromatic rings. The largest absolute Gasteiger partial charge is 0.396 e. The van der Waals surface area contributed by atoms with Gasteiger partial charge in [-0.15, -0.1) is 0 Å². The van der Waals surface area contributed by atoms with Crippen LogP contribution in [-0.4, -0.2) is 11.7 Å². The molecule has 3 aliphatic carbocycles. The normalized spacial score (nSPS) is 58.2. The van der Waals surface area contributed by atoms with Gasteiger partial charge in [-0.3, -0.25) is 0 Å². The van der Waals surface area contributed by atoms with Crippen molar-refractivity contribution < 1.29 is 5.11 Å². The van der Waals surface area contributed by atoms with Gasteiger partial charge in [-0.25, -0.2) is 0 Å². The Bertz CT molecular complexity index is 262. The first kappa shape index (κ1) is 10.1. The minimum absolute atomic E-state index is 0.259. The fourth-order valence-corrected chi connectivity index (χ4v) is 5.02. The minimum Gasteiger partial charge on any atom is -0.396 e. The van der Waals surface area contributed by atoms with Crippen molar-refractivity contribution in [1.82, 2.24) is 0 Å². The third-order valence-corrected chi connectivity index (χ3v) is 5.88. The molecular weight excluding hydrogens is 184 g/mol. The molecule has 3 saturated carbocycles. The molecule has 6 atom stereocenters. The highest BCUT2D eigenvalue weighted by molar-refractivity contribution is 5.03. The summed E-state index contributed by atoms with van der Waals surface area (Å²) in [6.45, 7) is 5.16. The molecule has 0 saturated heterocycles. The van der Waals surface area contributed by atoms with Crippen molar-refractivity contribution in [1.29, 1.82) is 0 Å². The van der Waals surface area contributed by atoms with E-state index in [1.54, 1.807) is 0 Å². The Labute approximate surface area is 93.3 Å². The summed E-state index contributed by atoms with van der Waals surface area (Å²) in [5.74, 6) is 5.05. The topological polar surface area (TPSA) is 20.2 Å². The molecule has 2 bridgehead atoms. The second-order valence-electron chi connectivity index (χ2n) is 6.91. The van der Waals surface area contributed by atoms with Crippen LogP contribution in [0.1, 0.15) is 46.0 Å². The van der Waals surface area contributed by atoms with Gasteiger partial charge < -0.3 is 5.11 Å². The zero-order chi connectivity index (χ0) is 10.6.